The Morgan fingerprint density at radius 3 is 2.75 bits per heavy atom. The molecule has 0 N–H and O–H groups in total. The topological polar surface area (TPSA) is 55.3 Å². The quantitative estimate of drug-likeness (QED) is 0.811. The monoisotopic (exact) mass is 291 g/mol. The average Bonchev–Trinajstić information content (AvgIpc) is 2.81. The largest absolute Gasteiger partial charge is 0.462 e. The molecule has 2 heterocycles. The van der Waals surface area contributed by atoms with E-state index in [9.17, 15) is 4.79 Å². The van der Waals surface area contributed by atoms with E-state index >= 15 is 0 Å². The SMILES string of the molecule is CCOC(=O)c1cncc(-c2sc(N(C)C)nc2C)c1. The van der Waals surface area contributed by atoms with Crippen LogP contribution in [0.1, 0.15) is 23.0 Å². The maximum atomic E-state index is 11.7. The first-order valence-electron chi connectivity index (χ1n) is 6.30. The fourth-order valence-electron chi connectivity index (χ4n) is 1.73. The van der Waals surface area contributed by atoms with Crippen LogP contribution in [0, 0.1) is 6.92 Å². The van der Waals surface area contributed by atoms with Crippen LogP contribution in [0.3, 0.4) is 0 Å². The summed E-state index contributed by atoms with van der Waals surface area (Å²) >= 11 is 1.58. The van der Waals surface area contributed by atoms with Gasteiger partial charge in [-0.2, -0.15) is 0 Å². The summed E-state index contributed by atoms with van der Waals surface area (Å²) in [4.78, 5) is 23.3. The van der Waals surface area contributed by atoms with Crippen LogP contribution in [-0.4, -0.2) is 36.6 Å². The first kappa shape index (κ1) is 14.5. The van der Waals surface area contributed by atoms with Crippen molar-refractivity contribution in [2.75, 3.05) is 25.6 Å². The number of anilines is 1. The van der Waals surface area contributed by atoms with Crippen molar-refractivity contribution in [2.24, 2.45) is 0 Å². The van der Waals surface area contributed by atoms with Crippen molar-refractivity contribution in [1.29, 1.82) is 0 Å². The number of esters is 1. The van der Waals surface area contributed by atoms with Crippen LogP contribution in [0.5, 0.6) is 0 Å². The molecule has 20 heavy (non-hydrogen) atoms. The summed E-state index contributed by atoms with van der Waals surface area (Å²) in [5.74, 6) is -0.350. The van der Waals surface area contributed by atoms with Crippen LogP contribution in [0.25, 0.3) is 10.4 Å². The summed E-state index contributed by atoms with van der Waals surface area (Å²) < 4.78 is 4.99. The highest BCUT2D eigenvalue weighted by molar-refractivity contribution is 7.19. The number of ether oxygens (including phenoxy) is 1. The van der Waals surface area contributed by atoms with Crippen molar-refractivity contribution in [2.45, 2.75) is 13.8 Å². The molecule has 2 rings (SSSR count). The summed E-state index contributed by atoms with van der Waals surface area (Å²) in [6.45, 7) is 4.09. The predicted molar refractivity (Wildman–Crippen MR) is 80.4 cm³/mol. The normalized spacial score (nSPS) is 10.4. The second-order valence-electron chi connectivity index (χ2n) is 4.49. The molecule has 0 atom stereocenters. The predicted octanol–water partition coefficient (Wildman–Crippen LogP) is 2.76. The Bertz CT molecular complexity index is 623. The van der Waals surface area contributed by atoms with Gasteiger partial charge in [-0.3, -0.25) is 4.98 Å². The van der Waals surface area contributed by atoms with Crippen molar-refractivity contribution in [1.82, 2.24) is 9.97 Å². The molecule has 0 aliphatic carbocycles. The van der Waals surface area contributed by atoms with Gasteiger partial charge in [-0.25, -0.2) is 9.78 Å². The molecule has 0 amide bonds. The van der Waals surface area contributed by atoms with Crippen molar-refractivity contribution in [3.63, 3.8) is 0 Å². The third kappa shape index (κ3) is 2.96. The average molecular weight is 291 g/mol. The first-order chi connectivity index (χ1) is 9.52. The lowest BCUT2D eigenvalue weighted by atomic mass is 10.1. The van der Waals surface area contributed by atoms with Gasteiger partial charge >= 0.3 is 5.97 Å². The number of carbonyl (C=O) groups is 1. The van der Waals surface area contributed by atoms with Gasteiger partial charge in [-0.15, -0.1) is 0 Å². The van der Waals surface area contributed by atoms with Crippen LogP contribution in [-0.2, 0) is 4.74 Å². The summed E-state index contributed by atoms with van der Waals surface area (Å²) in [5, 5.41) is 0.930. The van der Waals surface area contributed by atoms with E-state index in [1.54, 1.807) is 30.5 Å². The molecule has 0 aromatic carbocycles. The van der Waals surface area contributed by atoms with E-state index in [-0.39, 0.29) is 5.97 Å². The van der Waals surface area contributed by atoms with E-state index in [2.05, 4.69) is 9.97 Å². The molecule has 2 aromatic rings. The number of aryl methyl sites for hydroxylation is 1. The van der Waals surface area contributed by atoms with Gasteiger partial charge in [0.15, 0.2) is 5.13 Å². The van der Waals surface area contributed by atoms with Gasteiger partial charge in [0.05, 0.1) is 22.7 Å². The molecule has 106 valence electrons. The van der Waals surface area contributed by atoms with Crippen molar-refractivity contribution >= 4 is 22.4 Å². The molecular weight excluding hydrogens is 274 g/mol. The number of aromatic nitrogens is 2. The first-order valence-corrected chi connectivity index (χ1v) is 7.12. The Morgan fingerprint density at radius 1 is 1.40 bits per heavy atom. The Hall–Kier alpha value is -1.95. The van der Waals surface area contributed by atoms with Gasteiger partial charge in [0.1, 0.15) is 0 Å². The number of thiazole rings is 1. The fraction of sp³-hybridized carbons (Fsp3) is 0.357. The van der Waals surface area contributed by atoms with Crippen molar-refractivity contribution in [3.05, 3.63) is 29.7 Å². The second kappa shape index (κ2) is 6.00. The zero-order valence-electron chi connectivity index (χ0n) is 12.0. The second-order valence-corrected chi connectivity index (χ2v) is 5.47. The Labute approximate surface area is 122 Å². The molecule has 0 saturated heterocycles. The smallest absolute Gasteiger partial charge is 0.339 e. The van der Waals surface area contributed by atoms with Crippen molar-refractivity contribution in [3.8, 4) is 10.4 Å². The number of hydrogen-bond donors (Lipinski definition) is 0. The van der Waals surface area contributed by atoms with Gasteiger partial charge < -0.3 is 9.64 Å². The van der Waals surface area contributed by atoms with E-state index in [1.807, 2.05) is 25.9 Å². The van der Waals surface area contributed by atoms with Gasteiger partial charge in [-0.1, -0.05) is 11.3 Å². The lowest BCUT2D eigenvalue weighted by Crippen LogP contribution is -2.07. The molecule has 0 saturated carbocycles. The number of nitrogens with zero attached hydrogens (tertiary/aromatic N) is 3. The minimum Gasteiger partial charge on any atom is -0.462 e. The number of hydrogen-bond acceptors (Lipinski definition) is 6. The van der Waals surface area contributed by atoms with Crippen LogP contribution in [0.2, 0.25) is 0 Å². The van der Waals surface area contributed by atoms with E-state index < -0.39 is 0 Å². The van der Waals surface area contributed by atoms with Gasteiger partial charge in [0.2, 0.25) is 0 Å². The molecule has 0 aliphatic rings. The van der Waals surface area contributed by atoms with E-state index in [0.29, 0.717) is 12.2 Å². The van der Waals surface area contributed by atoms with Gasteiger partial charge in [0.25, 0.3) is 0 Å². The molecular formula is C14H17N3O2S. The summed E-state index contributed by atoms with van der Waals surface area (Å²) in [7, 11) is 3.91. The number of rotatable bonds is 4. The molecule has 0 bridgehead atoms. The fourth-order valence-corrected chi connectivity index (χ4v) is 2.70. The molecule has 0 radical (unpaired) electrons. The number of pyridine rings is 1. The molecule has 5 nitrogen and oxygen atoms in total. The highest BCUT2D eigenvalue weighted by atomic mass is 32.1. The van der Waals surface area contributed by atoms with Crippen LogP contribution in [0.4, 0.5) is 5.13 Å². The van der Waals surface area contributed by atoms with E-state index in [1.165, 1.54) is 6.20 Å². The molecule has 0 fully saturated rings. The molecule has 2 aromatic heterocycles. The van der Waals surface area contributed by atoms with E-state index in [4.69, 9.17) is 4.74 Å². The lowest BCUT2D eigenvalue weighted by Gasteiger charge is -2.05. The zero-order chi connectivity index (χ0) is 14.7. The molecule has 0 unspecified atom stereocenters. The lowest BCUT2D eigenvalue weighted by molar-refractivity contribution is 0.0526. The highest BCUT2D eigenvalue weighted by Crippen LogP contribution is 2.33. The third-order valence-corrected chi connectivity index (χ3v) is 4.05. The molecule has 0 aliphatic heterocycles. The van der Waals surface area contributed by atoms with Crippen LogP contribution >= 0.6 is 11.3 Å². The van der Waals surface area contributed by atoms with Gasteiger partial charge in [-0.05, 0) is 19.9 Å². The van der Waals surface area contributed by atoms with Crippen LogP contribution < -0.4 is 4.90 Å². The van der Waals surface area contributed by atoms with E-state index in [0.717, 1.165) is 21.3 Å². The Balaban J connectivity index is 2.38. The summed E-state index contributed by atoms with van der Waals surface area (Å²) in [5.41, 5.74) is 2.28. The minimum absolute atomic E-state index is 0.350. The summed E-state index contributed by atoms with van der Waals surface area (Å²) in [6, 6.07) is 1.80. The maximum absolute atomic E-state index is 11.7. The molecule has 6 heteroatoms. The standard InChI is InChI=1S/C14H17N3O2S/c1-5-19-13(18)11-6-10(7-15-8-11)12-9(2)16-14(20-12)17(3)4/h6-8H,5H2,1-4H3. The summed E-state index contributed by atoms with van der Waals surface area (Å²) in [6.07, 6.45) is 3.26. The Morgan fingerprint density at radius 2 is 2.15 bits per heavy atom. The van der Waals surface area contributed by atoms with Crippen LogP contribution in [0.15, 0.2) is 18.5 Å². The van der Waals surface area contributed by atoms with Gasteiger partial charge in [0, 0.05) is 32.1 Å². The number of carbonyl (C=O) groups excluding carboxylic acids is 1. The Kier molecular flexibility index (Phi) is 4.34. The maximum Gasteiger partial charge on any atom is 0.339 e. The zero-order valence-corrected chi connectivity index (χ0v) is 12.8. The molecule has 0 spiro atoms. The highest BCUT2D eigenvalue weighted by Gasteiger charge is 2.14. The minimum atomic E-state index is -0.350. The third-order valence-electron chi connectivity index (χ3n) is 2.68. The van der Waals surface area contributed by atoms with Crippen molar-refractivity contribution < 1.29 is 9.53 Å².